The maximum absolute atomic E-state index is 12.3. The molecule has 26 heavy (non-hydrogen) atoms. The zero-order chi connectivity index (χ0) is 18.7. The first kappa shape index (κ1) is 18.7. The van der Waals surface area contributed by atoms with Gasteiger partial charge in [-0.1, -0.05) is 40.9 Å². The standard InChI is InChI=1S/C18H14Cl3N3O2/c19-13-3-5-15(6-4-13)24-10-12(7-17(24)25)18(26)23-22-9-11-1-2-14(20)8-16(11)21/h1-6,8-9,12H,7,10H2,(H,23,26)/b22-9-/t12-/m1/s1. The number of carbonyl (C=O) groups is 2. The van der Waals surface area contributed by atoms with Gasteiger partial charge in [0, 0.05) is 34.3 Å². The van der Waals surface area contributed by atoms with Crippen molar-refractivity contribution in [3.63, 3.8) is 0 Å². The Hall–Kier alpha value is -2.08. The molecule has 8 heteroatoms. The number of carbonyl (C=O) groups excluding carboxylic acids is 2. The second-order valence-electron chi connectivity index (χ2n) is 5.78. The highest BCUT2D eigenvalue weighted by Gasteiger charge is 2.35. The fourth-order valence-corrected chi connectivity index (χ4v) is 3.20. The van der Waals surface area contributed by atoms with Crippen molar-refractivity contribution in [1.29, 1.82) is 0 Å². The fraction of sp³-hybridized carbons (Fsp3) is 0.167. The van der Waals surface area contributed by atoms with Gasteiger partial charge in [0.05, 0.1) is 17.2 Å². The largest absolute Gasteiger partial charge is 0.312 e. The predicted octanol–water partition coefficient (Wildman–Crippen LogP) is 4.15. The average Bonchev–Trinajstić information content (AvgIpc) is 2.99. The van der Waals surface area contributed by atoms with Crippen LogP contribution in [0.15, 0.2) is 47.6 Å². The number of amides is 2. The molecule has 1 aliphatic heterocycles. The molecule has 1 N–H and O–H groups in total. The molecule has 1 saturated heterocycles. The van der Waals surface area contributed by atoms with Gasteiger partial charge in [0.2, 0.25) is 11.8 Å². The van der Waals surface area contributed by atoms with Crippen LogP contribution in [0.25, 0.3) is 0 Å². The van der Waals surface area contributed by atoms with Crippen LogP contribution in [-0.2, 0) is 9.59 Å². The second-order valence-corrected chi connectivity index (χ2v) is 7.06. The van der Waals surface area contributed by atoms with Crippen molar-refractivity contribution in [3.8, 4) is 0 Å². The van der Waals surface area contributed by atoms with E-state index in [4.69, 9.17) is 34.8 Å². The average molecular weight is 411 g/mol. The van der Waals surface area contributed by atoms with E-state index in [9.17, 15) is 9.59 Å². The van der Waals surface area contributed by atoms with Crippen LogP contribution in [0.2, 0.25) is 15.1 Å². The zero-order valence-corrected chi connectivity index (χ0v) is 15.7. The van der Waals surface area contributed by atoms with Crippen LogP contribution in [0.5, 0.6) is 0 Å². The summed E-state index contributed by atoms with van der Waals surface area (Å²) in [6.07, 6.45) is 1.57. The van der Waals surface area contributed by atoms with E-state index >= 15 is 0 Å². The minimum absolute atomic E-state index is 0.114. The molecule has 1 aliphatic rings. The Labute approximate surface area is 165 Å². The molecule has 2 amide bonds. The third kappa shape index (κ3) is 4.36. The van der Waals surface area contributed by atoms with Gasteiger partial charge in [0.15, 0.2) is 0 Å². The maximum Gasteiger partial charge on any atom is 0.245 e. The predicted molar refractivity (Wildman–Crippen MR) is 104 cm³/mol. The number of halogens is 3. The molecule has 0 aromatic heterocycles. The van der Waals surface area contributed by atoms with Gasteiger partial charge in [-0.25, -0.2) is 5.43 Å². The van der Waals surface area contributed by atoms with E-state index in [2.05, 4.69) is 10.5 Å². The Morgan fingerprint density at radius 3 is 2.50 bits per heavy atom. The normalized spacial score (nSPS) is 17.1. The summed E-state index contributed by atoms with van der Waals surface area (Å²) >= 11 is 17.7. The highest BCUT2D eigenvalue weighted by atomic mass is 35.5. The van der Waals surface area contributed by atoms with Gasteiger partial charge in [-0.2, -0.15) is 5.10 Å². The molecule has 0 bridgehead atoms. The number of hydrazone groups is 1. The number of anilines is 1. The molecule has 1 fully saturated rings. The van der Waals surface area contributed by atoms with Crippen LogP contribution < -0.4 is 10.3 Å². The Bertz CT molecular complexity index is 868. The van der Waals surface area contributed by atoms with Crippen LogP contribution in [0.1, 0.15) is 12.0 Å². The first-order valence-corrected chi connectivity index (χ1v) is 8.91. The molecule has 0 spiro atoms. The number of nitrogens with zero attached hydrogens (tertiary/aromatic N) is 2. The molecule has 2 aromatic rings. The van der Waals surface area contributed by atoms with Gasteiger partial charge in [-0.05, 0) is 36.4 Å². The quantitative estimate of drug-likeness (QED) is 0.608. The summed E-state index contributed by atoms with van der Waals surface area (Å²) in [6.45, 7) is 0.295. The number of nitrogens with one attached hydrogen (secondary N) is 1. The minimum Gasteiger partial charge on any atom is -0.312 e. The molecule has 1 atom stereocenters. The summed E-state index contributed by atoms with van der Waals surface area (Å²) in [6, 6.07) is 11.9. The van der Waals surface area contributed by atoms with Crippen LogP contribution in [0.4, 0.5) is 5.69 Å². The summed E-state index contributed by atoms with van der Waals surface area (Å²) in [4.78, 5) is 26.0. The van der Waals surface area contributed by atoms with Crippen molar-refractivity contribution in [1.82, 2.24) is 5.43 Å². The van der Waals surface area contributed by atoms with Crippen LogP contribution >= 0.6 is 34.8 Å². The monoisotopic (exact) mass is 409 g/mol. The molecule has 0 unspecified atom stereocenters. The molecular formula is C18H14Cl3N3O2. The van der Waals surface area contributed by atoms with E-state index in [1.165, 1.54) is 6.21 Å². The van der Waals surface area contributed by atoms with Crippen LogP contribution in [-0.4, -0.2) is 24.6 Å². The van der Waals surface area contributed by atoms with E-state index in [0.29, 0.717) is 32.9 Å². The zero-order valence-electron chi connectivity index (χ0n) is 13.5. The molecule has 134 valence electrons. The smallest absolute Gasteiger partial charge is 0.245 e. The molecule has 3 rings (SSSR count). The lowest BCUT2D eigenvalue weighted by Gasteiger charge is -2.16. The van der Waals surface area contributed by atoms with Crippen LogP contribution in [0.3, 0.4) is 0 Å². The van der Waals surface area contributed by atoms with Crippen molar-refractivity contribution < 1.29 is 9.59 Å². The SMILES string of the molecule is O=C(N/N=C\c1ccc(Cl)cc1Cl)[C@@H]1CC(=O)N(c2ccc(Cl)cc2)C1. The van der Waals surface area contributed by atoms with E-state index in [1.807, 2.05) is 0 Å². The molecule has 2 aromatic carbocycles. The van der Waals surface area contributed by atoms with Crippen molar-refractivity contribution in [2.75, 3.05) is 11.4 Å². The van der Waals surface area contributed by atoms with E-state index in [1.54, 1.807) is 47.4 Å². The van der Waals surface area contributed by atoms with Gasteiger partial charge in [-0.3, -0.25) is 9.59 Å². The van der Waals surface area contributed by atoms with Crippen molar-refractivity contribution >= 4 is 58.5 Å². The van der Waals surface area contributed by atoms with E-state index in [0.717, 1.165) is 0 Å². The second kappa shape index (κ2) is 8.08. The first-order chi connectivity index (χ1) is 12.4. The number of hydrogen-bond acceptors (Lipinski definition) is 3. The van der Waals surface area contributed by atoms with E-state index < -0.39 is 5.92 Å². The summed E-state index contributed by atoms with van der Waals surface area (Å²) in [5.74, 6) is -0.913. The Morgan fingerprint density at radius 1 is 1.12 bits per heavy atom. The summed E-state index contributed by atoms with van der Waals surface area (Å²) in [5.41, 5.74) is 3.80. The fourth-order valence-electron chi connectivity index (χ4n) is 2.62. The summed E-state index contributed by atoms with van der Waals surface area (Å²) in [5, 5.41) is 5.45. The lowest BCUT2D eigenvalue weighted by atomic mass is 10.1. The summed E-state index contributed by atoms with van der Waals surface area (Å²) in [7, 11) is 0. The lowest BCUT2D eigenvalue weighted by molar-refractivity contribution is -0.126. The molecule has 0 aliphatic carbocycles. The molecule has 0 radical (unpaired) electrons. The third-order valence-electron chi connectivity index (χ3n) is 3.98. The van der Waals surface area contributed by atoms with Gasteiger partial charge >= 0.3 is 0 Å². The summed E-state index contributed by atoms with van der Waals surface area (Å²) < 4.78 is 0. The topological polar surface area (TPSA) is 61.8 Å². The maximum atomic E-state index is 12.3. The van der Waals surface area contributed by atoms with Gasteiger partial charge in [-0.15, -0.1) is 0 Å². The van der Waals surface area contributed by atoms with Gasteiger partial charge in [0.1, 0.15) is 0 Å². The molecule has 5 nitrogen and oxygen atoms in total. The Balaban J connectivity index is 1.61. The third-order valence-corrected chi connectivity index (χ3v) is 4.79. The Kier molecular flexibility index (Phi) is 5.81. The lowest BCUT2D eigenvalue weighted by Crippen LogP contribution is -2.30. The highest BCUT2D eigenvalue weighted by molar-refractivity contribution is 6.36. The number of hydrogen-bond donors (Lipinski definition) is 1. The molecular weight excluding hydrogens is 397 g/mol. The van der Waals surface area contributed by atoms with Crippen molar-refractivity contribution in [3.05, 3.63) is 63.1 Å². The molecule has 0 saturated carbocycles. The minimum atomic E-state index is -0.476. The van der Waals surface area contributed by atoms with Gasteiger partial charge < -0.3 is 4.90 Å². The van der Waals surface area contributed by atoms with Crippen LogP contribution in [0, 0.1) is 5.92 Å². The van der Waals surface area contributed by atoms with E-state index in [-0.39, 0.29) is 18.2 Å². The van der Waals surface area contributed by atoms with Crippen molar-refractivity contribution in [2.24, 2.45) is 11.0 Å². The number of benzene rings is 2. The van der Waals surface area contributed by atoms with Gasteiger partial charge in [0.25, 0.3) is 0 Å². The number of rotatable bonds is 4. The highest BCUT2D eigenvalue weighted by Crippen LogP contribution is 2.26. The first-order valence-electron chi connectivity index (χ1n) is 7.78. The van der Waals surface area contributed by atoms with Crippen molar-refractivity contribution in [2.45, 2.75) is 6.42 Å². The Morgan fingerprint density at radius 2 is 1.81 bits per heavy atom. The molecule has 1 heterocycles.